The first-order valence-corrected chi connectivity index (χ1v) is 31.9. The van der Waals surface area contributed by atoms with Gasteiger partial charge >= 0.3 is 0 Å². The molecule has 0 N–H and O–H groups in total. The van der Waals surface area contributed by atoms with Crippen LogP contribution in [0.2, 0.25) is 0 Å². The lowest BCUT2D eigenvalue weighted by atomic mass is 9.75. The fraction of sp³-hybridized carbons (Fsp3) is 1.00. The highest BCUT2D eigenvalue weighted by atomic mass is 15.2. The third kappa shape index (κ3) is 34.7. The van der Waals surface area contributed by atoms with Gasteiger partial charge in [-0.15, -0.1) is 0 Å². The summed E-state index contributed by atoms with van der Waals surface area (Å²) >= 11 is 0. The van der Waals surface area contributed by atoms with E-state index >= 15 is 0 Å². The first kappa shape index (κ1) is 80.2. The molecule has 0 aromatic rings. The van der Waals surface area contributed by atoms with Gasteiger partial charge in [0.2, 0.25) is 0 Å². The van der Waals surface area contributed by atoms with Crippen molar-refractivity contribution in [2.24, 2.45) is 46.3 Å². The van der Waals surface area contributed by atoms with Crippen LogP contribution in [-0.4, -0.2) is 141 Å². The summed E-state index contributed by atoms with van der Waals surface area (Å²) in [6.07, 6.45) is 8.28. The SMILES string of the molecule is CC.CC.CC.CC.CC(C)(C)C1CCN(C(C)(C)C)CC1.CC(C)(C)C1CCN(C(C)(C)C)CC1.CC1CN(C(C)(C)C)C1.CC1CN(C(C)(C)C)C1.C[C@@H]1CCN(C(C)(C)C)C1.C[C@H]1CCN(C(C)(C)C)C1. The highest BCUT2D eigenvalue weighted by Crippen LogP contribution is 2.37. The number of rotatable bonds is 0. The van der Waals surface area contributed by atoms with Gasteiger partial charge in [-0.1, -0.05) is 125 Å². The van der Waals surface area contributed by atoms with Gasteiger partial charge in [-0.3, -0.25) is 29.4 Å². The van der Waals surface area contributed by atoms with Crippen LogP contribution in [0, 0.1) is 46.3 Å². The Morgan fingerprint density at radius 3 is 0.473 bits per heavy atom. The molecule has 6 heterocycles. The monoisotopic (exact) mass is 1050 g/mol. The van der Waals surface area contributed by atoms with E-state index in [1.165, 1.54) is 117 Å². The molecule has 6 nitrogen and oxygen atoms in total. The van der Waals surface area contributed by atoms with Gasteiger partial charge in [0.1, 0.15) is 0 Å². The van der Waals surface area contributed by atoms with Crippen LogP contribution >= 0.6 is 0 Å². The van der Waals surface area contributed by atoms with E-state index in [4.69, 9.17) is 0 Å². The van der Waals surface area contributed by atoms with Gasteiger partial charge in [0.15, 0.2) is 0 Å². The summed E-state index contributed by atoms with van der Waals surface area (Å²) in [6, 6.07) is 0. The molecule has 452 valence electrons. The summed E-state index contributed by atoms with van der Waals surface area (Å²) in [7, 11) is 0. The van der Waals surface area contributed by atoms with Crippen LogP contribution in [0.15, 0.2) is 0 Å². The van der Waals surface area contributed by atoms with E-state index in [0.29, 0.717) is 44.1 Å². The fourth-order valence-electron chi connectivity index (χ4n) is 10.4. The molecule has 0 saturated carbocycles. The number of hydrogen-bond donors (Lipinski definition) is 0. The Hall–Kier alpha value is -0.240. The second kappa shape index (κ2) is 36.2. The van der Waals surface area contributed by atoms with Gasteiger partial charge in [-0.2, -0.15) is 0 Å². The van der Waals surface area contributed by atoms with E-state index in [1.54, 1.807) is 0 Å². The van der Waals surface area contributed by atoms with E-state index < -0.39 is 0 Å². The standard InChI is InChI=1S/2C13H27N.2C9H19N.2C8H17N.4C2H6/c2*1-12(2,3)11-7-9-14(10-8-11)13(4,5)6;2*1-8-5-6-10(7-8)9(2,3)4;2*1-7-5-9(6-7)8(2,3)4;4*1-2/h2*11H,7-10H2,1-6H3;2*8H,5-7H2,1-4H3;2*7H,5-6H2,1-4H3;4*1-2H3/t;;2*8-;;;;;;/m..10....../s1. The van der Waals surface area contributed by atoms with E-state index in [0.717, 1.165) is 35.5 Å². The van der Waals surface area contributed by atoms with Gasteiger partial charge in [0, 0.05) is 72.5 Å². The highest BCUT2D eigenvalue weighted by molar-refractivity contribution is 4.90. The Labute approximate surface area is 473 Å². The smallest absolute Gasteiger partial charge is 0.0125 e. The summed E-state index contributed by atoms with van der Waals surface area (Å²) < 4.78 is 0. The number of hydrogen-bond acceptors (Lipinski definition) is 6. The lowest BCUT2D eigenvalue weighted by molar-refractivity contribution is 0.0224. The molecule has 74 heavy (non-hydrogen) atoms. The van der Waals surface area contributed by atoms with Gasteiger partial charge < -0.3 is 0 Å². The van der Waals surface area contributed by atoms with Crippen LogP contribution in [0.1, 0.15) is 288 Å². The summed E-state index contributed by atoms with van der Waals surface area (Å²) in [5.41, 5.74) is 3.34. The van der Waals surface area contributed by atoms with Crippen molar-refractivity contribution in [3.8, 4) is 0 Å². The summed E-state index contributed by atoms with van der Waals surface area (Å²) in [6.45, 7) is 96.4. The van der Waals surface area contributed by atoms with Crippen molar-refractivity contribution < 1.29 is 0 Å². The molecule has 2 atom stereocenters. The quantitative estimate of drug-likeness (QED) is 0.239. The van der Waals surface area contributed by atoms with Gasteiger partial charge in [0.05, 0.1) is 0 Å². The van der Waals surface area contributed by atoms with Crippen molar-refractivity contribution >= 4 is 0 Å². The number of piperidine rings is 2. The minimum absolute atomic E-state index is 0.364. The average Bonchev–Trinajstić information content (AvgIpc) is 3.92. The summed E-state index contributed by atoms with van der Waals surface area (Å²) in [4.78, 5) is 15.4. The molecule has 0 aliphatic carbocycles. The largest absolute Gasteiger partial charge is 0.298 e. The Bertz CT molecular complexity index is 1140. The first-order chi connectivity index (χ1) is 33.4. The van der Waals surface area contributed by atoms with Crippen LogP contribution in [0.25, 0.3) is 0 Å². The van der Waals surface area contributed by atoms with Gasteiger partial charge in [-0.05, 0) is 249 Å². The molecule has 0 spiro atoms. The Morgan fingerprint density at radius 1 is 0.216 bits per heavy atom. The topological polar surface area (TPSA) is 19.4 Å². The molecule has 6 fully saturated rings. The molecule has 0 aromatic heterocycles. The Kier molecular flexibility index (Phi) is 39.2. The van der Waals surface area contributed by atoms with Crippen LogP contribution in [-0.2, 0) is 0 Å². The van der Waals surface area contributed by atoms with Crippen molar-refractivity contribution in [2.75, 3.05) is 78.5 Å². The van der Waals surface area contributed by atoms with Crippen molar-refractivity contribution in [3.63, 3.8) is 0 Å². The second-order valence-electron chi connectivity index (χ2n) is 31.0. The van der Waals surface area contributed by atoms with E-state index in [1.807, 2.05) is 55.4 Å². The zero-order valence-electron chi connectivity index (χ0n) is 58.9. The molecular weight excluding hydrogens is 901 g/mol. The fourth-order valence-corrected chi connectivity index (χ4v) is 10.4. The van der Waals surface area contributed by atoms with Crippen LogP contribution in [0.3, 0.4) is 0 Å². The maximum absolute atomic E-state index is 2.62. The molecule has 6 heteroatoms. The van der Waals surface area contributed by atoms with Gasteiger partial charge in [-0.25, -0.2) is 0 Å². The van der Waals surface area contributed by atoms with Crippen LogP contribution < -0.4 is 0 Å². The first-order valence-electron chi connectivity index (χ1n) is 31.9. The normalized spacial score (nSPS) is 22.7. The summed E-state index contributed by atoms with van der Waals surface area (Å²) in [5.74, 6) is 5.54. The molecular formula is C68H150N6. The third-order valence-corrected chi connectivity index (χ3v) is 16.1. The van der Waals surface area contributed by atoms with E-state index in [-0.39, 0.29) is 0 Å². The number of likely N-dealkylation sites (tertiary alicyclic amines) is 6. The second-order valence-corrected chi connectivity index (χ2v) is 31.0. The lowest BCUT2D eigenvalue weighted by Gasteiger charge is -2.46. The van der Waals surface area contributed by atoms with E-state index in [9.17, 15) is 0 Å². The Balaban J connectivity index is -0.000000389. The van der Waals surface area contributed by atoms with Crippen molar-refractivity contribution in [3.05, 3.63) is 0 Å². The van der Waals surface area contributed by atoms with Crippen molar-refractivity contribution in [1.82, 2.24) is 29.4 Å². The molecule has 0 aromatic carbocycles. The molecule has 0 radical (unpaired) electrons. The highest BCUT2D eigenvalue weighted by Gasteiger charge is 2.35. The molecule has 0 unspecified atom stereocenters. The predicted octanol–water partition coefficient (Wildman–Crippen LogP) is 18.9. The molecule has 0 bridgehead atoms. The zero-order chi connectivity index (χ0) is 59.7. The molecule has 6 saturated heterocycles. The molecule has 6 aliphatic heterocycles. The van der Waals surface area contributed by atoms with Crippen molar-refractivity contribution in [1.29, 1.82) is 0 Å². The van der Waals surface area contributed by atoms with Crippen LogP contribution in [0.5, 0.6) is 0 Å². The van der Waals surface area contributed by atoms with Gasteiger partial charge in [0.25, 0.3) is 0 Å². The predicted molar refractivity (Wildman–Crippen MR) is 344 cm³/mol. The molecule has 0 amide bonds. The average molecular weight is 1050 g/mol. The van der Waals surface area contributed by atoms with E-state index in [2.05, 4.69) is 223 Å². The third-order valence-electron chi connectivity index (χ3n) is 16.1. The maximum atomic E-state index is 2.62. The number of nitrogens with zero attached hydrogens (tertiary/aromatic N) is 6. The lowest BCUT2D eigenvalue weighted by Crippen LogP contribution is -2.54. The van der Waals surface area contributed by atoms with Crippen LogP contribution in [0.4, 0.5) is 0 Å². The zero-order valence-corrected chi connectivity index (χ0v) is 58.9. The maximum Gasteiger partial charge on any atom is 0.0125 e. The minimum atomic E-state index is 0.364. The molecule has 6 rings (SSSR count). The van der Waals surface area contributed by atoms with Crippen molar-refractivity contribution in [2.45, 2.75) is 321 Å². The summed E-state index contributed by atoms with van der Waals surface area (Å²) in [5, 5.41) is 0. The molecule has 6 aliphatic rings. The minimum Gasteiger partial charge on any atom is -0.298 e. The Morgan fingerprint density at radius 2 is 0.378 bits per heavy atom.